The molecule has 96 valence electrons. The molecule has 1 heterocycles. The molecule has 1 aliphatic heterocycles. The summed E-state index contributed by atoms with van der Waals surface area (Å²) in [6.45, 7) is 11.6. The first-order valence-electron chi connectivity index (χ1n) is 5.80. The minimum absolute atomic E-state index is 0. The lowest BCUT2D eigenvalue weighted by molar-refractivity contribution is 0.123. The Hall–Kier alpha value is -1.55. The molecule has 0 saturated carbocycles. The second-order valence-electron chi connectivity index (χ2n) is 3.75. The summed E-state index contributed by atoms with van der Waals surface area (Å²) in [5.41, 5.74) is 2.24. The molecule has 0 radical (unpaired) electrons. The van der Waals surface area contributed by atoms with Crippen LogP contribution in [0.3, 0.4) is 0 Å². The van der Waals surface area contributed by atoms with Crippen LogP contribution in [0.25, 0.3) is 0 Å². The molecule has 0 aliphatic carbocycles. The van der Waals surface area contributed by atoms with Crippen LogP contribution in [0.15, 0.2) is 36.5 Å². The number of carbonyl (C=O) groups is 1. The molecule has 2 amide bonds. The molecule has 4 nitrogen and oxygen atoms in total. The van der Waals surface area contributed by atoms with Gasteiger partial charge in [-0.15, -0.1) is 0 Å². The molecule has 0 spiro atoms. The quantitative estimate of drug-likeness (QED) is 0.590. The highest BCUT2D eigenvalue weighted by Crippen LogP contribution is 2.19. The molecule has 1 rings (SSSR count). The topological polar surface area (TPSA) is 41.6 Å². The third-order valence-electron chi connectivity index (χ3n) is 2.73. The van der Waals surface area contributed by atoms with Crippen LogP contribution in [-0.4, -0.2) is 37.4 Å². The fourth-order valence-electron chi connectivity index (χ4n) is 1.73. The number of urea groups is 1. The van der Waals surface area contributed by atoms with E-state index in [9.17, 15) is 4.79 Å². The van der Waals surface area contributed by atoms with E-state index in [2.05, 4.69) is 18.5 Å². The van der Waals surface area contributed by atoms with E-state index >= 15 is 0 Å². The molecule has 4 heteroatoms. The molecule has 0 atom stereocenters. The van der Waals surface area contributed by atoms with Crippen molar-refractivity contribution in [2.24, 2.45) is 0 Å². The van der Waals surface area contributed by atoms with Gasteiger partial charge in [-0.1, -0.05) is 25.3 Å². The van der Waals surface area contributed by atoms with Gasteiger partial charge in [0.2, 0.25) is 0 Å². The van der Waals surface area contributed by atoms with Gasteiger partial charge in [-0.05, 0) is 24.5 Å². The van der Waals surface area contributed by atoms with E-state index < -0.39 is 0 Å². The number of ether oxygens (including phenoxy) is 1. The van der Waals surface area contributed by atoms with Crippen LogP contribution in [0.1, 0.15) is 14.8 Å². The van der Waals surface area contributed by atoms with Gasteiger partial charge in [0.1, 0.15) is 6.73 Å². The lowest BCUT2D eigenvalue weighted by Crippen LogP contribution is -2.44. The average Bonchev–Trinajstić information content (AvgIpc) is 2.38. The standard InChI is InChI=1S/C13H20N2O2.H2/c1-4-11-7-8-15(9-12(11)5-2)13(16)14-10-17-6-3;/h4-5H,1-2,6-10H2,3H3,(H,14,16);1H. The highest BCUT2D eigenvalue weighted by molar-refractivity contribution is 5.74. The zero-order chi connectivity index (χ0) is 12.7. The predicted octanol–water partition coefficient (Wildman–Crippen LogP) is 2.31. The maximum Gasteiger partial charge on any atom is 0.319 e. The summed E-state index contributed by atoms with van der Waals surface area (Å²) in [4.78, 5) is 13.5. The van der Waals surface area contributed by atoms with Crippen LogP contribution in [0.5, 0.6) is 0 Å². The predicted molar refractivity (Wildman–Crippen MR) is 70.7 cm³/mol. The summed E-state index contributed by atoms with van der Waals surface area (Å²) in [5, 5.41) is 2.71. The number of allylic oxidation sites excluding steroid dienone is 1. The van der Waals surface area contributed by atoms with Gasteiger partial charge in [0.25, 0.3) is 0 Å². The van der Waals surface area contributed by atoms with Gasteiger partial charge in [-0.2, -0.15) is 0 Å². The summed E-state index contributed by atoms with van der Waals surface area (Å²) in [6.07, 6.45) is 4.46. The van der Waals surface area contributed by atoms with Crippen LogP contribution in [-0.2, 0) is 4.74 Å². The first-order chi connectivity index (χ1) is 8.22. The van der Waals surface area contributed by atoms with Crippen molar-refractivity contribution in [1.82, 2.24) is 10.2 Å². The molecule has 0 aromatic heterocycles. The van der Waals surface area contributed by atoms with Crippen LogP contribution in [0.4, 0.5) is 4.79 Å². The van der Waals surface area contributed by atoms with E-state index in [-0.39, 0.29) is 14.2 Å². The molecule has 1 N–H and O–H groups in total. The molecule has 0 aromatic carbocycles. The van der Waals surface area contributed by atoms with Crippen molar-refractivity contribution in [1.29, 1.82) is 0 Å². The van der Waals surface area contributed by atoms with Gasteiger partial charge in [-0.3, -0.25) is 0 Å². The third kappa shape index (κ3) is 3.75. The Kier molecular flexibility index (Phi) is 5.49. The Labute approximate surface area is 104 Å². The first kappa shape index (κ1) is 13.5. The molecule has 0 fully saturated rings. The van der Waals surface area contributed by atoms with Crippen molar-refractivity contribution < 1.29 is 11.0 Å². The first-order valence-corrected chi connectivity index (χ1v) is 5.80. The van der Waals surface area contributed by atoms with Gasteiger partial charge >= 0.3 is 6.03 Å². The molecule has 0 unspecified atom stereocenters. The Morgan fingerprint density at radius 2 is 2.24 bits per heavy atom. The fourth-order valence-corrected chi connectivity index (χ4v) is 1.73. The lowest BCUT2D eigenvalue weighted by Gasteiger charge is -2.29. The third-order valence-corrected chi connectivity index (χ3v) is 2.73. The SMILES string of the molecule is C=CC1=C(C=C)CN(C(=O)NCOCC)CC1.[HH]. The largest absolute Gasteiger partial charge is 0.361 e. The number of carbonyl (C=O) groups excluding carboxylic acids is 1. The van der Waals surface area contributed by atoms with Crippen LogP contribution < -0.4 is 5.32 Å². The fraction of sp³-hybridized carbons (Fsp3) is 0.462. The van der Waals surface area contributed by atoms with Crippen molar-refractivity contribution >= 4 is 6.03 Å². The zero-order valence-electron chi connectivity index (χ0n) is 10.4. The number of amides is 2. The molecular formula is C13H22N2O2. The Morgan fingerprint density at radius 3 is 2.82 bits per heavy atom. The normalized spacial score (nSPS) is 15.7. The minimum Gasteiger partial charge on any atom is -0.361 e. The number of nitrogens with zero attached hydrogens (tertiary/aromatic N) is 1. The summed E-state index contributed by atoms with van der Waals surface area (Å²) in [5.74, 6) is 0. The highest BCUT2D eigenvalue weighted by Gasteiger charge is 2.19. The van der Waals surface area contributed by atoms with Gasteiger partial charge in [-0.25, -0.2) is 4.79 Å². The minimum atomic E-state index is -0.0964. The molecule has 17 heavy (non-hydrogen) atoms. The molecule has 1 aliphatic rings. The number of nitrogens with one attached hydrogen (secondary N) is 1. The number of rotatable bonds is 5. The van der Waals surface area contributed by atoms with Gasteiger partial charge in [0, 0.05) is 21.1 Å². The van der Waals surface area contributed by atoms with Gasteiger partial charge in [0.15, 0.2) is 0 Å². The highest BCUT2D eigenvalue weighted by atomic mass is 16.5. The summed E-state index contributed by atoms with van der Waals surface area (Å²) < 4.78 is 5.08. The summed E-state index contributed by atoms with van der Waals surface area (Å²) in [7, 11) is 0. The van der Waals surface area contributed by atoms with Crippen LogP contribution in [0, 0.1) is 0 Å². The van der Waals surface area contributed by atoms with Crippen molar-refractivity contribution in [3.63, 3.8) is 0 Å². The molecule has 0 saturated heterocycles. The summed E-state index contributed by atoms with van der Waals surface area (Å²) >= 11 is 0. The van der Waals surface area contributed by atoms with E-state index in [4.69, 9.17) is 4.74 Å². The van der Waals surface area contributed by atoms with Crippen LogP contribution >= 0.6 is 0 Å². The van der Waals surface area contributed by atoms with Gasteiger partial charge in [0.05, 0.1) is 0 Å². The Balaban J connectivity index is 0.00000289. The zero-order valence-corrected chi connectivity index (χ0v) is 10.4. The second-order valence-corrected chi connectivity index (χ2v) is 3.75. The van der Waals surface area contributed by atoms with E-state index in [0.29, 0.717) is 19.7 Å². The molecular weight excluding hydrogens is 216 g/mol. The van der Waals surface area contributed by atoms with Crippen LogP contribution in [0.2, 0.25) is 0 Å². The monoisotopic (exact) mass is 238 g/mol. The second kappa shape index (κ2) is 6.91. The maximum absolute atomic E-state index is 11.8. The molecule has 0 bridgehead atoms. The Morgan fingerprint density at radius 1 is 1.53 bits per heavy atom. The maximum atomic E-state index is 11.8. The van der Waals surface area contributed by atoms with E-state index in [1.54, 1.807) is 11.0 Å². The van der Waals surface area contributed by atoms with Gasteiger partial charge < -0.3 is 15.0 Å². The molecule has 0 aromatic rings. The van der Waals surface area contributed by atoms with Crippen molar-refractivity contribution in [3.05, 3.63) is 36.5 Å². The van der Waals surface area contributed by atoms with Crippen molar-refractivity contribution in [3.8, 4) is 0 Å². The smallest absolute Gasteiger partial charge is 0.319 e. The lowest BCUT2D eigenvalue weighted by atomic mass is 10.0. The number of hydrogen-bond donors (Lipinski definition) is 1. The number of hydrogen-bond acceptors (Lipinski definition) is 2. The van der Waals surface area contributed by atoms with Crippen molar-refractivity contribution in [2.75, 3.05) is 26.4 Å². The summed E-state index contributed by atoms with van der Waals surface area (Å²) in [6, 6.07) is -0.0964. The Bertz CT molecular complexity index is 340. The average molecular weight is 238 g/mol. The van der Waals surface area contributed by atoms with Crippen molar-refractivity contribution in [2.45, 2.75) is 13.3 Å². The van der Waals surface area contributed by atoms with E-state index in [1.165, 1.54) is 5.57 Å². The van der Waals surface area contributed by atoms with E-state index in [0.717, 1.165) is 12.0 Å². The van der Waals surface area contributed by atoms with E-state index in [1.807, 2.05) is 13.0 Å².